The average molecular weight is 263 g/mol. The highest BCUT2D eigenvalue weighted by molar-refractivity contribution is 5.78. The SMILES string of the molecule is C=C/C=C(C=O)\C=C/CCNC(=O)CCC(C)(C)C. The van der Waals surface area contributed by atoms with Crippen LogP contribution in [0.3, 0.4) is 0 Å². The molecule has 0 aliphatic heterocycles. The summed E-state index contributed by atoms with van der Waals surface area (Å²) in [6.45, 7) is 10.5. The first kappa shape index (κ1) is 17.4. The summed E-state index contributed by atoms with van der Waals surface area (Å²) >= 11 is 0. The topological polar surface area (TPSA) is 46.2 Å². The van der Waals surface area contributed by atoms with Crippen molar-refractivity contribution in [1.82, 2.24) is 5.32 Å². The summed E-state index contributed by atoms with van der Waals surface area (Å²) in [4.78, 5) is 22.1. The van der Waals surface area contributed by atoms with Crippen molar-refractivity contribution < 1.29 is 9.59 Å². The summed E-state index contributed by atoms with van der Waals surface area (Å²) in [7, 11) is 0. The largest absolute Gasteiger partial charge is 0.356 e. The van der Waals surface area contributed by atoms with Crippen molar-refractivity contribution in [3.8, 4) is 0 Å². The van der Waals surface area contributed by atoms with Crippen LogP contribution in [0.5, 0.6) is 0 Å². The van der Waals surface area contributed by atoms with Gasteiger partial charge in [0.1, 0.15) is 6.29 Å². The van der Waals surface area contributed by atoms with Crippen LogP contribution >= 0.6 is 0 Å². The van der Waals surface area contributed by atoms with Gasteiger partial charge in [0.2, 0.25) is 5.91 Å². The standard InChI is InChI=1S/C16H25NO2/c1-5-8-14(13-18)9-6-7-12-17-15(19)10-11-16(2,3)4/h5-6,8-9,13H,1,7,10-12H2,2-4H3,(H,17,19)/b9-6-,14-8+. The van der Waals surface area contributed by atoms with E-state index in [1.165, 1.54) is 0 Å². The highest BCUT2D eigenvalue weighted by Gasteiger charge is 2.12. The Kier molecular flexibility index (Phi) is 8.51. The normalized spacial score (nSPS) is 12.5. The lowest BCUT2D eigenvalue weighted by Gasteiger charge is -2.17. The molecule has 0 aromatic carbocycles. The molecule has 1 N–H and O–H groups in total. The third kappa shape index (κ3) is 11.2. The highest BCUT2D eigenvalue weighted by Crippen LogP contribution is 2.20. The lowest BCUT2D eigenvalue weighted by atomic mass is 9.90. The Balaban J connectivity index is 3.83. The average Bonchev–Trinajstić information content (AvgIpc) is 2.33. The predicted molar refractivity (Wildman–Crippen MR) is 79.8 cm³/mol. The molecule has 3 heteroatoms. The van der Waals surface area contributed by atoms with E-state index >= 15 is 0 Å². The molecular weight excluding hydrogens is 238 g/mol. The number of nitrogens with one attached hydrogen (secondary N) is 1. The van der Waals surface area contributed by atoms with E-state index in [1.54, 1.807) is 18.2 Å². The maximum absolute atomic E-state index is 11.5. The quantitative estimate of drug-likeness (QED) is 0.316. The molecule has 0 aromatic rings. The van der Waals surface area contributed by atoms with Gasteiger partial charge in [0.15, 0.2) is 0 Å². The molecule has 0 unspecified atom stereocenters. The third-order valence-corrected chi connectivity index (χ3v) is 2.49. The van der Waals surface area contributed by atoms with Crippen molar-refractivity contribution in [3.05, 3.63) is 36.5 Å². The third-order valence-electron chi connectivity index (χ3n) is 2.49. The second-order valence-electron chi connectivity index (χ2n) is 5.62. The molecule has 0 aliphatic carbocycles. The number of hydrogen-bond acceptors (Lipinski definition) is 2. The zero-order valence-corrected chi connectivity index (χ0v) is 12.2. The zero-order valence-electron chi connectivity index (χ0n) is 12.2. The van der Waals surface area contributed by atoms with E-state index in [1.807, 2.05) is 6.08 Å². The molecule has 3 nitrogen and oxygen atoms in total. The smallest absolute Gasteiger partial charge is 0.220 e. The molecule has 0 atom stereocenters. The molecule has 0 bridgehead atoms. The first-order valence-electron chi connectivity index (χ1n) is 6.60. The lowest BCUT2D eigenvalue weighted by molar-refractivity contribution is -0.121. The molecule has 0 saturated carbocycles. The molecule has 1 amide bonds. The number of carbonyl (C=O) groups is 2. The Hall–Kier alpha value is -1.64. The van der Waals surface area contributed by atoms with Gasteiger partial charge in [-0.2, -0.15) is 0 Å². The number of carbonyl (C=O) groups excluding carboxylic acids is 2. The minimum Gasteiger partial charge on any atom is -0.356 e. The van der Waals surface area contributed by atoms with Crippen molar-refractivity contribution in [2.75, 3.05) is 6.54 Å². The number of hydrogen-bond donors (Lipinski definition) is 1. The van der Waals surface area contributed by atoms with E-state index < -0.39 is 0 Å². The van der Waals surface area contributed by atoms with E-state index in [2.05, 4.69) is 32.7 Å². The van der Waals surface area contributed by atoms with Crippen molar-refractivity contribution in [2.45, 2.75) is 40.0 Å². The van der Waals surface area contributed by atoms with Gasteiger partial charge in [0.05, 0.1) is 0 Å². The number of amides is 1. The van der Waals surface area contributed by atoms with Gasteiger partial charge in [0.25, 0.3) is 0 Å². The summed E-state index contributed by atoms with van der Waals surface area (Å²) in [6.07, 6.45) is 9.75. The molecule has 106 valence electrons. The first-order chi connectivity index (χ1) is 8.89. The molecular formula is C16H25NO2. The van der Waals surface area contributed by atoms with Gasteiger partial charge >= 0.3 is 0 Å². The molecule has 0 spiro atoms. The fourth-order valence-electron chi connectivity index (χ4n) is 1.36. The van der Waals surface area contributed by atoms with Gasteiger partial charge < -0.3 is 5.32 Å². The number of aldehydes is 1. The van der Waals surface area contributed by atoms with Crippen molar-refractivity contribution in [3.63, 3.8) is 0 Å². The molecule has 0 aliphatic rings. The monoisotopic (exact) mass is 263 g/mol. The van der Waals surface area contributed by atoms with E-state index in [9.17, 15) is 9.59 Å². The van der Waals surface area contributed by atoms with E-state index in [0.29, 0.717) is 25.0 Å². The zero-order chi connectivity index (χ0) is 14.7. The van der Waals surface area contributed by atoms with Crippen LogP contribution in [0.15, 0.2) is 36.5 Å². The predicted octanol–water partition coefficient (Wildman–Crippen LogP) is 3.19. The molecule has 0 saturated heterocycles. The minimum absolute atomic E-state index is 0.0839. The van der Waals surface area contributed by atoms with E-state index in [4.69, 9.17) is 0 Å². The lowest BCUT2D eigenvalue weighted by Crippen LogP contribution is -2.25. The molecule has 0 fully saturated rings. The maximum Gasteiger partial charge on any atom is 0.220 e. The maximum atomic E-state index is 11.5. The van der Waals surface area contributed by atoms with Crippen LogP contribution in [-0.2, 0) is 9.59 Å². The summed E-state index contributed by atoms with van der Waals surface area (Å²) in [5, 5.41) is 2.86. The summed E-state index contributed by atoms with van der Waals surface area (Å²) < 4.78 is 0. The second-order valence-corrected chi connectivity index (χ2v) is 5.62. The number of rotatable bonds is 8. The van der Waals surface area contributed by atoms with Gasteiger partial charge in [-0.15, -0.1) is 0 Å². The Morgan fingerprint density at radius 2 is 2.00 bits per heavy atom. The van der Waals surface area contributed by atoms with Crippen LogP contribution in [0, 0.1) is 5.41 Å². The van der Waals surface area contributed by atoms with Crippen LogP contribution < -0.4 is 5.32 Å². The van der Waals surface area contributed by atoms with Crippen molar-refractivity contribution in [2.24, 2.45) is 5.41 Å². The second kappa shape index (κ2) is 9.31. The van der Waals surface area contributed by atoms with Crippen molar-refractivity contribution in [1.29, 1.82) is 0 Å². The van der Waals surface area contributed by atoms with Crippen LogP contribution in [0.1, 0.15) is 40.0 Å². The number of allylic oxidation sites excluding steroid dienone is 4. The molecule has 19 heavy (non-hydrogen) atoms. The Morgan fingerprint density at radius 1 is 1.32 bits per heavy atom. The fourth-order valence-corrected chi connectivity index (χ4v) is 1.36. The molecule has 0 radical (unpaired) electrons. The van der Waals surface area contributed by atoms with Crippen LogP contribution in [-0.4, -0.2) is 18.7 Å². The molecule has 0 heterocycles. The van der Waals surface area contributed by atoms with Crippen molar-refractivity contribution >= 4 is 12.2 Å². The van der Waals surface area contributed by atoms with Gasteiger partial charge in [0, 0.05) is 18.5 Å². The van der Waals surface area contributed by atoms with Crippen LogP contribution in [0.2, 0.25) is 0 Å². The first-order valence-corrected chi connectivity index (χ1v) is 6.60. The fraction of sp³-hybridized carbons (Fsp3) is 0.500. The Bertz CT molecular complexity index is 359. The molecule has 0 aromatic heterocycles. The van der Waals surface area contributed by atoms with Crippen LogP contribution in [0.25, 0.3) is 0 Å². The van der Waals surface area contributed by atoms with Crippen LogP contribution in [0.4, 0.5) is 0 Å². The molecule has 0 rings (SSSR count). The highest BCUT2D eigenvalue weighted by atomic mass is 16.1. The summed E-state index contributed by atoms with van der Waals surface area (Å²) in [5.41, 5.74) is 0.764. The van der Waals surface area contributed by atoms with E-state index in [0.717, 1.165) is 12.7 Å². The van der Waals surface area contributed by atoms with Gasteiger partial charge in [-0.05, 0) is 18.3 Å². The Morgan fingerprint density at radius 3 is 2.53 bits per heavy atom. The van der Waals surface area contributed by atoms with Gasteiger partial charge in [-0.1, -0.05) is 51.7 Å². The minimum atomic E-state index is 0.0839. The summed E-state index contributed by atoms with van der Waals surface area (Å²) in [6, 6.07) is 0. The van der Waals surface area contributed by atoms with Gasteiger partial charge in [-0.25, -0.2) is 0 Å². The van der Waals surface area contributed by atoms with Gasteiger partial charge in [-0.3, -0.25) is 9.59 Å². The van der Waals surface area contributed by atoms with E-state index in [-0.39, 0.29) is 11.3 Å². The Labute approximate surface area is 116 Å². The summed E-state index contributed by atoms with van der Waals surface area (Å²) in [5.74, 6) is 0.0839.